The number of hydrogen-bond acceptors (Lipinski definition) is 6. The third-order valence-corrected chi connectivity index (χ3v) is 4.55. The average molecular weight is 372 g/mol. The number of tetrazole rings is 1. The Hall–Kier alpha value is -2.48. The van der Waals surface area contributed by atoms with Gasteiger partial charge in [0.1, 0.15) is 5.60 Å². The summed E-state index contributed by atoms with van der Waals surface area (Å²) in [6.45, 7) is 9.67. The van der Waals surface area contributed by atoms with E-state index in [1.807, 2.05) is 39.0 Å². The molecule has 2 heterocycles. The predicted octanol–water partition coefficient (Wildman–Crippen LogP) is 2.24. The van der Waals surface area contributed by atoms with E-state index in [2.05, 4.69) is 39.4 Å². The second-order valence-electron chi connectivity index (χ2n) is 7.96. The van der Waals surface area contributed by atoms with E-state index in [0.29, 0.717) is 25.5 Å². The molecule has 146 valence electrons. The smallest absolute Gasteiger partial charge is 0.410 e. The van der Waals surface area contributed by atoms with Gasteiger partial charge in [-0.15, -0.1) is 10.2 Å². The van der Waals surface area contributed by atoms with Crippen molar-refractivity contribution in [2.24, 2.45) is 7.05 Å². The lowest BCUT2D eigenvalue weighted by Gasteiger charge is -2.43. The number of nitrogens with zero attached hydrogens (tertiary/aromatic N) is 6. The maximum Gasteiger partial charge on any atom is 0.410 e. The van der Waals surface area contributed by atoms with Gasteiger partial charge in [-0.3, -0.25) is 4.90 Å². The zero-order valence-electron chi connectivity index (χ0n) is 16.7. The molecule has 2 aromatic rings. The van der Waals surface area contributed by atoms with Crippen molar-refractivity contribution < 1.29 is 9.53 Å². The van der Waals surface area contributed by atoms with Gasteiger partial charge in [0.2, 0.25) is 0 Å². The normalized spacial score (nSPS) is 19.7. The molecule has 1 amide bonds. The number of ether oxygens (including phenoxy) is 1. The van der Waals surface area contributed by atoms with Crippen LogP contribution in [0.5, 0.6) is 0 Å². The SMILES string of the molecule is C[C@@H]1CN(C(=O)OC(C)(C)C)CCN1[C@H](c1ccccc1)c1nnn(C)n1. The van der Waals surface area contributed by atoms with Crippen LogP contribution in [0.2, 0.25) is 0 Å². The highest BCUT2D eigenvalue weighted by atomic mass is 16.6. The van der Waals surface area contributed by atoms with E-state index in [4.69, 9.17) is 4.74 Å². The molecule has 0 aliphatic carbocycles. The fourth-order valence-electron chi connectivity index (χ4n) is 3.38. The van der Waals surface area contributed by atoms with E-state index in [-0.39, 0.29) is 18.2 Å². The minimum Gasteiger partial charge on any atom is -0.444 e. The Morgan fingerprint density at radius 1 is 1.22 bits per heavy atom. The van der Waals surface area contributed by atoms with E-state index in [1.165, 1.54) is 4.80 Å². The Morgan fingerprint density at radius 2 is 1.93 bits per heavy atom. The molecule has 1 aromatic heterocycles. The first kappa shape index (κ1) is 19.3. The van der Waals surface area contributed by atoms with Gasteiger partial charge >= 0.3 is 6.09 Å². The van der Waals surface area contributed by atoms with Gasteiger partial charge in [0.15, 0.2) is 5.82 Å². The molecule has 1 fully saturated rings. The molecule has 2 atom stereocenters. The first-order valence-electron chi connectivity index (χ1n) is 9.27. The molecule has 1 aliphatic heterocycles. The van der Waals surface area contributed by atoms with Gasteiger partial charge < -0.3 is 9.64 Å². The Kier molecular flexibility index (Phi) is 5.46. The third kappa shape index (κ3) is 4.63. The maximum absolute atomic E-state index is 12.4. The zero-order chi connectivity index (χ0) is 19.6. The second kappa shape index (κ2) is 7.64. The Morgan fingerprint density at radius 3 is 2.48 bits per heavy atom. The summed E-state index contributed by atoms with van der Waals surface area (Å²) in [4.78, 5) is 18.0. The van der Waals surface area contributed by atoms with Crippen molar-refractivity contribution in [3.05, 3.63) is 41.7 Å². The lowest BCUT2D eigenvalue weighted by molar-refractivity contribution is 0.000387. The summed E-state index contributed by atoms with van der Waals surface area (Å²) in [7, 11) is 1.77. The van der Waals surface area contributed by atoms with Gasteiger partial charge in [-0.2, -0.15) is 4.80 Å². The van der Waals surface area contributed by atoms with Gasteiger partial charge in [-0.1, -0.05) is 30.3 Å². The number of aromatic nitrogens is 4. The molecular formula is C19H28N6O2. The summed E-state index contributed by atoms with van der Waals surface area (Å²) in [5, 5.41) is 12.7. The van der Waals surface area contributed by atoms with E-state index in [0.717, 1.165) is 5.56 Å². The van der Waals surface area contributed by atoms with Crippen LogP contribution in [0.25, 0.3) is 0 Å². The summed E-state index contributed by atoms with van der Waals surface area (Å²) >= 11 is 0. The molecule has 0 N–H and O–H groups in total. The molecule has 1 saturated heterocycles. The van der Waals surface area contributed by atoms with Gasteiger partial charge in [-0.25, -0.2) is 4.79 Å². The summed E-state index contributed by atoms with van der Waals surface area (Å²) in [6, 6.07) is 10.2. The van der Waals surface area contributed by atoms with Crippen LogP contribution in [-0.2, 0) is 11.8 Å². The van der Waals surface area contributed by atoms with Crippen LogP contribution in [-0.4, -0.2) is 67.4 Å². The summed E-state index contributed by atoms with van der Waals surface area (Å²) in [5.74, 6) is 0.668. The first-order valence-corrected chi connectivity index (χ1v) is 9.27. The fourth-order valence-corrected chi connectivity index (χ4v) is 3.38. The monoisotopic (exact) mass is 372 g/mol. The van der Waals surface area contributed by atoms with E-state index < -0.39 is 5.60 Å². The van der Waals surface area contributed by atoms with Gasteiger partial charge in [0.25, 0.3) is 0 Å². The molecule has 0 spiro atoms. The Bertz CT molecular complexity index is 770. The number of aryl methyl sites for hydroxylation is 1. The van der Waals surface area contributed by atoms with Crippen LogP contribution >= 0.6 is 0 Å². The second-order valence-corrected chi connectivity index (χ2v) is 7.96. The number of rotatable bonds is 3. The molecule has 0 saturated carbocycles. The molecule has 1 aliphatic rings. The van der Waals surface area contributed by atoms with Crippen molar-refractivity contribution in [2.45, 2.75) is 45.4 Å². The van der Waals surface area contributed by atoms with Crippen LogP contribution in [0, 0.1) is 0 Å². The average Bonchev–Trinajstić information content (AvgIpc) is 3.02. The lowest BCUT2D eigenvalue weighted by Crippen LogP contribution is -2.55. The van der Waals surface area contributed by atoms with Crippen molar-refractivity contribution in [1.82, 2.24) is 30.0 Å². The molecule has 27 heavy (non-hydrogen) atoms. The van der Waals surface area contributed by atoms with Crippen molar-refractivity contribution in [3.63, 3.8) is 0 Å². The number of piperazine rings is 1. The van der Waals surface area contributed by atoms with Crippen LogP contribution in [0.3, 0.4) is 0 Å². The molecule has 8 heteroatoms. The highest BCUT2D eigenvalue weighted by Crippen LogP contribution is 2.29. The highest BCUT2D eigenvalue weighted by Gasteiger charge is 2.36. The summed E-state index contributed by atoms with van der Waals surface area (Å²) in [6.07, 6.45) is -0.261. The summed E-state index contributed by atoms with van der Waals surface area (Å²) in [5.41, 5.74) is 0.621. The Labute approximate surface area is 160 Å². The third-order valence-electron chi connectivity index (χ3n) is 4.55. The number of amides is 1. The van der Waals surface area contributed by atoms with E-state index in [1.54, 1.807) is 11.9 Å². The van der Waals surface area contributed by atoms with Crippen molar-refractivity contribution in [3.8, 4) is 0 Å². The van der Waals surface area contributed by atoms with Gasteiger partial charge in [-0.05, 0) is 38.5 Å². The minimum absolute atomic E-state index is 0.101. The summed E-state index contributed by atoms with van der Waals surface area (Å²) < 4.78 is 5.52. The maximum atomic E-state index is 12.4. The van der Waals surface area contributed by atoms with Gasteiger partial charge in [0.05, 0.1) is 13.1 Å². The molecular weight excluding hydrogens is 344 g/mol. The quantitative estimate of drug-likeness (QED) is 0.822. The number of carbonyl (C=O) groups excluding carboxylic acids is 1. The molecule has 0 radical (unpaired) electrons. The number of benzene rings is 1. The van der Waals surface area contributed by atoms with Crippen molar-refractivity contribution in [2.75, 3.05) is 19.6 Å². The first-order chi connectivity index (χ1) is 12.7. The molecule has 0 unspecified atom stereocenters. The fraction of sp³-hybridized carbons (Fsp3) is 0.579. The molecule has 0 bridgehead atoms. The minimum atomic E-state index is -0.492. The van der Waals surface area contributed by atoms with Crippen LogP contribution in [0.15, 0.2) is 30.3 Å². The number of carbonyl (C=O) groups is 1. The highest BCUT2D eigenvalue weighted by molar-refractivity contribution is 5.68. The van der Waals surface area contributed by atoms with E-state index in [9.17, 15) is 4.79 Å². The zero-order valence-corrected chi connectivity index (χ0v) is 16.7. The molecule has 8 nitrogen and oxygen atoms in total. The van der Waals surface area contributed by atoms with Gasteiger partial charge in [0, 0.05) is 25.7 Å². The van der Waals surface area contributed by atoms with Crippen molar-refractivity contribution in [1.29, 1.82) is 0 Å². The molecule has 1 aromatic carbocycles. The largest absolute Gasteiger partial charge is 0.444 e. The Balaban J connectivity index is 1.80. The van der Waals surface area contributed by atoms with Crippen LogP contribution < -0.4 is 0 Å². The standard InChI is InChI=1S/C19H28N6O2/c1-14-13-24(18(26)27-19(2,3)4)11-12-25(14)16(15-9-7-6-8-10-15)17-20-22-23(5)21-17/h6-10,14,16H,11-13H2,1-5H3/t14-,16-/m1/s1. The predicted molar refractivity (Wildman–Crippen MR) is 101 cm³/mol. The number of hydrogen-bond donors (Lipinski definition) is 0. The topological polar surface area (TPSA) is 76.4 Å². The lowest BCUT2D eigenvalue weighted by atomic mass is 10.0. The van der Waals surface area contributed by atoms with E-state index >= 15 is 0 Å². The molecule has 3 rings (SSSR count). The van der Waals surface area contributed by atoms with Crippen LogP contribution in [0.1, 0.15) is 45.1 Å². The van der Waals surface area contributed by atoms with Crippen molar-refractivity contribution >= 4 is 6.09 Å². The van der Waals surface area contributed by atoms with Crippen LogP contribution in [0.4, 0.5) is 4.79 Å².